The molecule has 0 aliphatic carbocycles. The normalized spacial score (nSPS) is 17.5. The summed E-state index contributed by atoms with van der Waals surface area (Å²) in [6.07, 6.45) is 2.78. The Bertz CT molecular complexity index is 1250. The molecule has 1 amide bonds. The molecule has 7 nitrogen and oxygen atoms in total. The first-order valence-corrected chi connectivity index (χ1v) is 13.6. The Kier molecular flexibility index (Phi) is 7.39. The predicted molar refractivity (Wildman–Crippen MR) is 144 cm³/mol. The summed E-state index contributed by atoms with van der Waals surface area (Å²) in [5.74, 6) is -0.668. The summed E-state index contributed by atoms with van der Waals surface area (Å²) < 4.78 is 0. The fourth-order valence-electron chi connectivity index (χ4n) is 5.52. The summed E-state index contributed by atoms with van der Waals surface area (Å²) in [5.41, 5.74) is 1.44. The highest BCUT2D eigenvalue weighted by Gasteiger charge is 2.53. The van der Waals surface area contributed by atoms with E-state index in [1.807, 2.05) is 58.8 Å². The number of aromatic carboxylic acids is 1. The number of ketones is 1. The van der Waals surface area contributed by atoms with Crippen molar-refractivity contribution < 1.29 is 19.5 Å². The van der Waals surface area contributed by atoms with E-state index in [-0.39, 0.29) is 17.3 Å². The third kappa shape index (κ3) is 5.31. The molecule has 5 rings (SSSR count). The van der Waals surface area contributed by atoms with Gasteiger partial charge in [-0.1, -0.05) is 36.4 Å². The number of rotatable bonds is 9. The molecular formula is C29H31N3O4S. The lowest BCUT2D eigenvalue weighted by molar-refractivity contribution is -0.134. The molecule has 2 aliphatic rings. The smallest absolute Gasteiger partial charge is 0.335 e. The molecule has 2 saturated heterocycles. The fourth-order valence-corrected chi connectivity index (χ4v) is 6.21. The number of anilines is 1. The molecule has 2 aromatic carbocycles. The monoisotopic (exact) mass is 517 g/mol. The Morgan fingerprint density at radius 1 is 0.973 bits per heavy atom. The van der Waals surface area contributed by atoms with Crippen molar-refractivity contribution in [3.63, 3.8) is 0 Å². The van der Waals surface area contributed by atoms with E-state index in [9.17, 15) is 19.5 Å². The molecule has 8 heteroatoms. The molecule has 0 atom stereocenters. The summed E-state index contributed by atoms with van der Waals surface area (Å²) in [6.45, 7) is 3.28. The van der Waals surface area contributed by atoms with E-state index in [4.69, 9.17) is 0 Å². The zero-order valence-electron chi connectivity index (χ0n) is 20.7. The number of piperidine rings is 1. The number of hydrogen-bond donors (Lipinski definition) is 1. The van der Waals surface area contributed by atoms with Gasteiger partial charge in [0.05, 0.1) is 17.1 Å². The Morgan fingerprint density at radius 3 is 2.46 bits per heavy atom. The molecule has 0 radical (unpaired) electrons. The van der Waals surface area contributed by atoms with Crippen LogP contribution in [0.5, 0.6) is 0 Å². The number of benzene rings is 2. The average molecular weight is 518 g/mol. The summed E-state index contributed by atoms with van der Waals surface area (Å²) in [4.78, 5) is 45.0. The molecule has 37 heavy (non-hydrogen) atoms. The highest BCUT2D eigenvalue weighted by molar-refractivity contribution is 7.12. The van der Waals surface area contributed by atoms with Crippen LogP contribution in [0.15, 0.2) is 72.1 Å². The molecule has 1 spiro atoms. The zero-order valence-corrected chi connectivity index (χ0v) is 21.5. The third-order valence-corrected chi connectivity index (χ3v) is 8.40. The molecule has 2 aliphatic heterocycles. The Hall–Kier alpha value is -3.49. The summed E-state index contributed by atoms with van der Waals surface area (Å²) in [7, 11) is 0. The Labute approximate surface area is 220 Å². The van der Waals surface area contributed by atoms with Crippen molar-refractivity contribution in [2.45, 2.75) is 37.8 Å². The van der Waals surface area contributed by atoms with Gasteiger partial charge in [0.1, 0.15) is 5.54 Å². The summed E-state index contributed by atoms with van der Waals surface area (Å²) in [6, 6.07) is 20.7. The molecule has 3 heterocycles. The minimum Gasteiger partial charge on any atom is -0.478 e. The molecule has 0 unspecified atom stereocenters. The number of carbonyl (C=O) groups excluding carboxylic acids is 2. The van der Waals surface area contributed by atoms with E-state index in [0.29, 0.717) is 32.5 Å². The molecule has 2 fully saturated rings. The van der Waals surface area contributed by atoms with E-state index in [0.717, 1.165) is 42.2 Å². The highest BCUT2D eigenvalue weighted by atomic mass is 32.1. The molecular weight excluding hydrogens is 486 g/mol. The van der Waals surface area contributed by atoms with E-state index in [1.165, 1.54) is 11.3 Å². The van der Waals surface area contributed by atoms with Crippen molar-refractivity contribution in [3.8, 4) is 0 Å². The SMILES string of the molecule is O=C(O)c1cccc(CN2CN(c3ccccc3)C3(CCN(CCCC(=O)c4cccs4)CC3)C2=O)c1. The lowest BCUT2D eigenvalue weighted by atomic mass is 9.85. The number of hydrogen-bond acceptors (Lipinski definition) is 6. The summed E-state index contributed by atoms with van der Waals surface area (Å²) >= 11 is 1.49. The first-order valence-electron chi connectivity index (χ1n) is 12.7. The second kappa shape index (κ2) is 10.9. The Balaban J connectivity index is 1.27. The first kappa shape index (κ1) is 25.2. The van der Waals surface area contributed by atoms with Crippen LogP contribution < -0.4 is 4.90 Å². The minimum atomic E-state index is -0.971. The van der Waals surface area contributed by atoms with E-state index in [1.54, 1.807) is 18.2 Å². The fraction of sp³-hybridized carbons (Fsp3) is 0.345. The predicted octanol–water partition coefficient (Wildman–Crippen LogP) is 4.75. The number of carboxylic acid groups (broad SMARTS) is 1. The average Bonchev–Trinajstić information content (AvgIpc) is 3.55. The van der Waals surface area contributed by atoms with Crippen molar-refractivity contribution in [1.82, 2.24) is 9.80 Å². The highest BCUT2D eigenvalue weighted by Crippen LogP contribution is 2.40. The minimum absolute atomic E-state index is 0.101. The van der Waals surface area contributed by atoms with Crippen LogP contribution >= 0.6 is 11.3 Å². The number of amides is 1. The van der Waals surface area contributed by atoms with E-state index < -0.39 is 11.5 Å². The topological polar surface area (TPSA) is 81.2 Å². The lowest BCUT2D eigenvalue weighted by Crippen LogP contribution is -2.56. The number of carbonyl (C=O) groups is 3. The van der Waals surface area contributed by atoms with Crippen molar-refractivity contribution in [2.24, 2.45) is 0 Å². The first-order chi connectivity index (χ1) is 18.0. The number of thiophene rings is 1. The van der Waals surface area contributed by atoms with Gasteiger partial charge in [0.15, 0.2) is 5.78 Å². The molecule has 1 aromatic heterocycles. The number of likely N-dealkylation sites (tertiary alicyclic amines) is 1. The largest absolute Gasteiger partial charge is 0.478 e. The van der Waals surface area contributed by atoms with Crippen molar-refractivity contribution in [1.29, 1.82) is 0 Å². The van der Waals surface area contributed by atoms with E-state index in [2.05, 4.69) is 9.80 Å². The van der Waals surface area contributed by atoms with Gasteiger partial charge in [0.2, 0.25) is 5.91 Å². The molecule has 3 aromatic rings. The molecule has 0 bridgehead atoms. The van der Waals surface area contributed by atoms with Crippen LogP contribution in [0.2, 0.25) is 0 Å². The van der Waals surface area contributed by atoms with Gasteiger partial charge >= 0.3 is 5.97 Å². The van der Waals surface area contributed by atoms with Crippen LogP contribution in [0.1, 0.15) is 51.3 Å². The van der Waals surface area contributed by atoms with Crippen molar-refractivity contribution in [2.75, 3.05) is 31.2 Å². The van der Waals surface area contributed by atoms with Crippen molar-refractivity contribution in [3.05, 3.63) is 88.1 Å². The van der Waals surface area contributed by atoms with Crippen LogP contribution in [0.3, 0.4) is 0 Å². The standard InChI is InChI=1S/C29H31N3O4S/c33-25(26-12-6-18-37-26)11-5-15-30-16-13-29(14-17-30)28(36)31(21-32(29)24-9-2-1-3-10-24)20-22-7-4-8-23(19-22)27(34)35/h1-4,6-10,12,18-19H,5,11,13-17,20-21H2,(H,34,35). The second-order valence-electron chi connectivity index (χ2n) is 9.79. The van der Waals surface area contributed by atoms with Gasteiger partial charge in [0, 0.05) is 31.7 Å². The number of Topliss-reactive ketones (excluding diaryl/α,β-unsaturated/α-hetero) is 1. The van der Waals surface area contributed by atoms with Crippen LogP contribution in [0.4, 0.5) is 5.69 Å². The van der Waals surface area contributed by atoms with Crippen molar-refractivity contribution >= 4 is 34.7 Å². The summed E-state index contributed by atoms with van der Waals surface area (Å²) in [5, 5.41) is 11.3. The number of carboxylic acids is 1. The third-order valence-electron chi connectivity index (χ3n) is 7.49. The molecule has 1 N–H and O–H groups in total. The lowest BCUT2D eigenvalue weighted by Gasteiger charge is -2.43. The van der Waals surface area contributed by atoms with Crippen LogP contribution in [0, 0.1) is 0 Å². The van der Waals surface area contributed by atoms with Crippen LogP contribution in [0.25, 0.3) is 0 Å². The van der Waals surface area contributed by atoms with Gasteiger partial charge in [0.25, 0.3) is 0 Å². The maximum absolute atomic E-state index is 13.9. The number of para-hydroxylation sites is 1. The number of nitrogens with zero attached hydrogens (tertiary/aromatic N) is 3. The van der Waals surface area contributed by atoms with Gasteiger partial charge < -0.3 is 19.8 Å². The molecule has 0 saturated carbocycles. The van der Waals surface area contributed by atoms with E-state index >= 15 is 0 Å². The second-order valence-corrected chi connectivity index (χ2v) is 10.7. The quantitative estimate of drug-likeness (QED) is 0.413. The van der Waals surface area contributed by atoms with Gasteiger partial charge in [-0.2, -0.15) is 0 Å². The van der Waals surface area contributed by atoms with Crippen LogP contribution in [-0.4, -0.2) is 64.4 Å². The molecule has 192 valence electrons. The van der Waals surface area contributed by atoms with Gasteiger partial charge in [-0.25, -0.2) is 4.79 Å². The van der Waals surface area contributed by atoms with Gasteiger partial charge in [-0.05, 0) is 67.1 Å². The Morgan fingerprint density at radius 2 is 1.76 bits per heavy atom. The maximum Gasteiger partial charge on any atom is 0.335 e. The zero-order chi connectivity index (χ0) is 25.8. The van der Waals surface area contributed by atoms with Gasteiger partial charge in [-0.3, -0.25) is 9.59 Å². The van der Waals surface area contributed by atoms with Gasteiger partial charge in [-0.15, -0.1) is 11.3 Å². The maximum atomic E-state index is 13.9. The van der Waals surface area contributed by atoms with Crippen LogP contribution in [-0.2, 0) is 11.3 Å².